The van der Waals surface area contributed by atoms with Gasteiger partial charge in [-0.2, -0.15) is 13.2 Å². The lowest BCUT2D eigenvalue weighted by Gasteiger charge is -2.24. The molecule has 1 fully saturated rings. The van der Waals surface area contributed by atoms with Crippen LogP contribution in [0.25, 0.3) is 0 Å². The third kappa shape index (κ3) is 3.01. The summed E-state index contributed by atoms with van der Waals surface area (Å²) in [7, 11) is 0. The number of rotatable bonds is 3. The molecule has 0 saturated heterocycles. The smallest absolute Gasteiger partial charge is 0.327 e. The number of amides is 2. The van der Waals surface area contributed by atoms with Crippen LogP contribution in [0.2, 0.25) is 0 Å². The zero-order valence-corrected chi connectivity index (χ0v) is 11.0. The number of nitrogens with one attached hydrogen (secondary N) is 1. The summed E-state index contributed by atoms with van der Waals surface area (Å²) in [6.45, 7) is -1.23. The maximum atomic E-state index is 12.6. The average molecular weight is 298 g/mol. The number of nitrogens with zero attached hydrogens (tertiary/aromatic N) is 1. The van der Waals surface area contributed by atoms with Crippen LogP contribution in [0, 0.1) is 0 Å². The minimum Gasteiger partial charge on any atom is -0.327 e. The highest BCUT2D eigenvalue weighted by atomic mass is 19.4. The number of benzene rings is 1. The third-order valence-corrected chi connectivity index (χ3v) is 3.58. The summed E-state index contributed by atoms with van der Waals surface area (Å²) in [5.41, 5.74) is 1.46. The van der Waals surface area contributed by atoms with Gasteiger partial charge in [-0.25, -0.2) is 0 Å². The van der Waals surface area contributed by atoms with Crippen LogP contribution >= 0.6 is 0 Å². The van der Waals surface area contributed by atoms with Gasteiger partial charge in [0.05, 0.1) is 6.42 Å². The second-order valence-corrected chi connectivity index (χ2v) is 5.38. The molecule has 1 saturated carbocycles. The summed E-state index contributed by atoms with van der Waals surface area (Å²) < 4.78 is 37.8. The fraction of sp³-hybridized carbons (Fsp3) is 0.429. The molecule has 1 heterocycles. The molecule has 4 nitrogen and oxygen atoms in total. The molecule has 0 unspecified atom stereocenters. The molecule has 1 aromatic carbocycles. The van der Waals surface area contributed by atoms with Crippen molar-refractivity contribution in [2.45, 2.75) is 31.5 Å². The molecule has 1 aromatic rings. The van der Waals surface area contributed by atoms with Crippen molar-refractivity contribution in [2.24, 2.45) is 0 Å². The quantitative estimate of drug-likeness (QED) is 0.931. The standard InChI is InChI=1S/C14H13F3N2O2/c15-14(16,17)7-19(10-2-3-10)13(21)8-1-4-11-9(5-8)6-12(20)18-11/h1,4-5,10H,2-3,6-7H2,(H,18,20). The summed E-state index contributed by atoms with van der Waals surface area (Å²) in [4.78, 5) is 24.5. The van der Waals surface area contributed by atoms with Gasteiger partial charge in [-0.3, -0.25) is 9.59 Å². The zero-order chi connectivity index (χ0) is 15.2. The van der Waals surface area contributed by atoms with E-state index >= 15 is 0 Å². The molecule has 1 aliphatic heterocycles. The van der Waals surface area contributed by atoms with Crippen LogP contribution in [0.5, 0.6) is 0 Å². The second kappa shape index (κ2) is 4.75. The molecular formula is C14H13F3N2O2. The van der Waals surface area contributed by atoms with Crippen molar-refractivity contribution in [2.75, 3.05) is 11.9 Å². The zero-order valence-electron chi connectivity index (χ0n) is 11.0. The second-order valence-electron chi connectivity index (χ2n) is 5.38. The molecule has 0 atom stereocenters. The predicted octanol–water partition coefficient (Wildman–Crippen LogP) is 2.35. The monoisotopic (exact) mass is 298 g/mol. The fourth-order valence-corrected chi connectivity index (χ4v) is 2.47. The summed E-state index contributed by atoms with van der Waals surface area (Å²) in [5, 5.41) is 2.62. The number of carbonyl (C=O) groups excluding carboxylic acids is 2. The minimum absolute atomic E-state index is 0.152. The van der Waals surface area contributed by atoms with Gasteiger partial charge in [-0.05, 0) is 36.6 Å². The van der Waals surface area contributed by atoms with Crippen LogP contribution in [0.3, 0.4) is 0 Å². The minimum atomic E-state index is -4.41. The van der Waals surface area contributed by atoms with Crippen LogP contribution < -0.4 is 5.32 Å². The van der Waals surface area contributed by atoms with Crippen LogP contribution in [-0.2, 0) is 11.2 Å². The highest BCUT2D eigenvalue weighted by Gasteiger charge is 2.41. The van der Waals surface area contributed by atoms with E-state index in [4.69, 9.17) is 0 Å². The van der Waals surface area contributed by atoms with E-state index in [0.717, 1.165) is 4.90 Å². The molecule has 1 N–H and O–H groups in total. The molecule has 2 aliphatic rings. The van der Waals surface area contributed by atoms with Gasteiger partial charge in [0, 0.05) is 17.3 Å². The topological polar surface area (TPSA) is 49.4 Å². The lowest BCUT2D eigenvalue weighted by Crippen LogP contribution is -2.40. The Morgan fingerprint density at radius 1 is 1.33 bits per heavy atom. The van der Waals surface area contributed by atoms with Gasteiger partial charge in [0.15, 0.2) is 0 Å². The average Bonchev–Trinajstić information content (AvgIpc) is 3.15. The van der Waals surface area contributed by atoms with E-state index in [2.05, 4.69) is 5.32 Å². The Balaban J connectivity index is 1.83. The highest BCUT2D eigenvalue weighted by Crippen LogP contribution is 2.32. The van der Waals surface area contributed by atoms with E-state index < -0.39 is 18.6 Å². The number of fused-ring (bicyclic) bond motifs is 1. The first-order valence-electron chi connectivity index (χ1n) is 6.64. The van der Waals surface area contributed by atoms with Crippen LogP contribution in [0.1, 0.15) is 28.8 Å². The number of hydrogen-bond acceptors (Lipinski definition) is 2. The number of anilines is 1. The van der Waals surface area contributed by atoms with Crippen molar-refractivity contribution in [3.05, 3.63) is 29.3 Å². The van der Waals surface area contributed by atoms with Gasteiger partial charge in [0.1, 0.15) is 6.54 Å². The number of alkyl halides is 3. The molecule has 0 aromatic heterocycles. The van der Waals surface area contributed by atoms with Gasteiger partial charge in [0.2, 0.25) is 5.91 Å². The predicted molar refractivity (Wildman–Crippen MR) is 68.9 cm³/mol. The summed E-state index contributed by atoms with van der Waals surface area (Å²) in [6, 6.07) is 4.19. The summed E-state index contributed by atoms with van der Waals surface area (Å²) in [6.07, 6.45) is -3.05. The van der Waals surface area contributed by atoms with Crippen molar-refractivity contribution < 1.29 is 22.8 Å². The molecule has 0 bridgehead atoms. The number of halogens is 3. The van der Waals surface area contributed by atoms with E-state index in [1.807, 2.05) is 0 Å². The van der Waals surface area contributed by atoms with E-state index in [-0.39, 0.29) is 23.9 Å². The fourth-order valence-electron chi connectivity index (χ4n) is 2.47. The lowest BCUT2D eigenvalue weighted by atomic mass is 10.1. The third-order valence-electron chi connectivity index (χ3n) is 3.58. The van der Waals surface area contributed by atoms with E-state index in [9.17, 15) is 22.8 Å². The Kier molecular flexibility index (Phi) is 3.15. The molecular weight excluding hydrogens is 285 g/mol. The Morgan fingerprint density at radius 3 is 2.67 bits per heavy atom. The molecule has 21 heavy (non-hydrogen) atoms. The van der Waals surface area contributed by atoms with Gasteiger partial charge >= 0.3 is 6.18 Å². The van der Waals surface area contributed by atoms with E-state index in [0.29, 0.717) is 24.1 Å². The first kappa shape index (κ1) is 13.9. The summed E-state index contributed by atoms with van der Waals surface area (Å²) >= 11 is 0. The van der Waals surface area contributed by atoms with E-state index in [1.165, 1.54) is 12.1 Å². The Morgan fingerprint density at radius 2 is 2.05 bits per heavy atom. The van der Waals surface area contributed by atoms with Crippen molar-refractivity contribution in [3.8, 4) is 0 Å². The molecule has 0 radical (unpaired) electrons. The Bertz CT molecular complexity index is 609. The van der Waals surface area contributed by atoms with E-state index in [1.54, 1.807) is 6.07 Å². The maximum absolute atomic E-state index is 12.6. The molecule has 1 aliphatic carbocycles. The first-order chi connectivity index (χ1) is 9.83. The van der Waals surface area contributed by atoms with Crippen molar-refractivity contribution in [1.82, 2.24) is 4.90 Å². The van der Waals surface area contributed by atoms with Crippen molar-refractivity contribution in [3.63, 3.8) is 0 Å². The Labute approximate surface area is 118 Å². The normalized spacial score (nSPS) is 17.4. The molecule has 2 amide bonds. The molecule has 0 spiro atoms. The lowest BCUT2D eigenvalue weighted by molar-refractivity contribution is -0.141. The van der Waals surface area contributed by atoms with Crippen LogP contribution in [0.4, 0.5) is 18.9 Å². The number of carbonyl (C=O) groups is 2. The van der Waals surface area contributed by atoms with Gasteiger partial charge < -0.3 is 10.2 Å². The molecule has 7 heteroatoms. The SMILES string of the molecule is O=C1Cc2cc(C(=O)N(CC(F)(F)F)C3CC3)ccc2N1. The molecule has 3 rings (SSSR count). The van der Waals surface area contributed by atoms with Gasteiger partial charge in [-0.1, -0.05) is 0 Å². The largest absolute Gasteiger partial charge is 0.406 e. The Hall–Kier alpha value is -2.05. The first-order valence-corrected chi connectivity index (χ1v) is 6.64. The number of hydrogen-bond donors (Lipinski definition) is 1. The summed E-state index contributed by atoms with van der Waals surface area (Å²) in [5.74, 6) is -0.805. The van der Waals surface area contributed by atoms with Crippen LogP contribution in [-0.4, -0.2) is 35.5 Å². The maximum Gasteiger partial charge on any atom is 0.406 e. The van der Waals surface area contributed by atoms with Gasteiger partial charge in [-0.15, -0.1) is 0 Å². The van der Waals surface area contributed by atoms with Crippen molar-refractivity contribution >= 4 is 17.5 Å². The van der Waals surface area contributed by atoms with Gasteiger partial charge in [0.25, 0.3) is 5.91 Å². The highest BCUT2D eigenvalue weighted by molar-refractivity contribution is 6.01. The molecule has 112 valence electrons. The van der Waals surface area contributed by atoms with Crippen LogP contribution in [0.15, 0.2) is 18.2 Å². The van der Waals surface area contributed by atoms with Crippen molar-refractivity contribution in [1.29, 1.82) is 0 Å².